The second-order valence-electron chi connectivity index (χ2n) is 5.95. The number of aliphatic carboxylic acids is 1. The summed E-state index contributed by atoms with van der Waals surface area (Å²) in [7, 11) is 0. The molecule has 2 heterocycles. The van der Waals surface area contributed by atoms with E-state index in [1.54, 1.807) is 29.4 Å². The van der Waals surface area contributed by atoms with Crippen molar-refractivity contribution in [1.82, 2.24) is 9.88 Å². The third-order valence-electron chi connectivity index (χ3n) is 3.63. The second kappa shape index (κ2) is 7.61. The van der Waals surface area contributed by atoms with Gasteiger partial charge < -0.3 is 10.0 Å². The van der Waals surface area contributed by atoms with Crippen LogP contribution in [0.2, 0.25) is 0 Å². The van der Waals surface area contributed by atoms with Crippen molar-refractivity contribution in [3.05, 3.63) is 41.2 Å². The van der Waals surface area contributed by atoms with Crippen LogP contribution in [0.25, 0.3) is 0 Å². The summed E-state index contributed by atoms with van der Waals surface area (Å²) in [4.78, 5) is 42.4. The van der Waals surface area contributed by atoms with E-state index in [0.29, 0.717) is 6.54 Å². The number of nitrogens with zero attached hydrogens (tertiary/aromatic N) is 2. The van der Waals surface area contributed by atoms with Crippen LogP contribution in [0.4, 0.5) is 0 Å². The fourth-order valence-corrected chi connectivity index (χ4v) is 3.64. The zero-order chi connectivity index (χ0) is 17.9. The average molecular weight is 348 g/mol. The third kappa shape index (κ3) is 3.67. The third-order valence-corrected chi connectivity index (χ3v) is 4.57. The van der Waals surface area contributed by atoms with E-state index in [-0.39, 0.29) is 34.4 Å². The molecule has 1 amide bonds. The molecule has 0 radical (unpaired) electrons. The number of carbonyl (C=O) groups is 3. The first kappa shape index (κ1) is 18.2. The number of rotatable bonds is 7. The second-order valence-corrected chi connectivity index (χ2v) is 6.86. The van der Waals surface area contributed by atoms with Crippen LogP contribution in [-0.4, -0.2) is 50.8 Å². The van der Waals surface area contributed by atoms with Gasteiger partial charge in [-0.1, -0.05) is 19.9 Å². The smallest absolute Gasteiger partial charge is 0.308 e. The Morgan fingerprint density at radius 2 is 2.08 bits per heavy atom. The Kier molecular flexibility index (Phi) is 5.77. The van der Waals surface area contributed by atoms with Crippen molar-refractivity contribution in [2.45, 2.75) is 25.6 Å². The molecule has 24 heavy (non-hydrogen) atoms. The number of hydrogen-bond acceptors (Lipinski definition) is 5. The molecule has 1 aliphatic heterocycles. The molecule has 2 rings (SSSR count). The molecule has 0 fully saturated rings. The average Bonchev–Trinajstić information content (AvgIpc) is 2.79. The minimum atomic E-state index is -1.13. The van der Waals surface area contributed by atoms with Crippen molar-refractivity contribution in [3.8, 4) is 0 Å². The van der Waals surface area contributed by atoms with Crippen LogP contribution in [-0.2, 0) is 9.59 Å². The van der Waals surface area contributed by atoms with Crippen molar-refractivity contribution in [2.75, 3.05) is 12.8 Å². The van der Waals surface area contributed by atoms with Crippen molar-refractivity contribution in [3.63, 3.8) is 0 Å². The number of hydrogen-bond donors (Lipinski definition) is 1. The molecular weight excluding hydrogens is 328 g/mol. The zero-order valence-electron chi connectivity index (χ0n) is 13.9. The highest BCUT2D eigenvalue weighted by Gasteiger charge is 2.42. The molecule has 1 N–H and O–H groups in total. The van der Waals surface area contributed by atoms with Gasteiger partial charge >= 0.3 is 5.97 Å². The molecule has 0 saturated heterocycles. The minimum absolute atomic E-state index is 0.0677. The largest absolute Gasteiger partial charge is 0.481 e. The molecule has 0 aromatic carbocycles. The lowest BCUT2D eigenvalue weighted by Crippen LogP contribution is -2.37. The lowest BCUT2D eigenvalue weighted by Gasteiger charge is -2.26. The maximum atomic E-state index is 12.9. The lowest BCUT2D eigenvalue weighted by atomic mass is 10.0. The van der Waals surface area contributed by atoms with Crippen molar-refractivity contribution >= 4 is 29.4 Å². The Balaban J connectivity index is 2.50. The highest BCUT2D eigenvalue weighted by molar-refractivity contribution is 7.99. The predicted molar refractivity (Wildman–Crippen MR) is 91.7 cm³/mol. The van der Waals surface area contributed by atoms with E-state index in [2.05, 4.69) is 4.98 Å². The van der Waals surface area contributed by atoms with E-state index in [1.165, 1.54) is 18.0 Å². The van der Waals surface area contributed by atoms with Crippen LogP contribution in [0.5, 0.6) is 0 Å². The summed E-state index contributed by atoms with van der Waals surface area (Å²) in [5, 5.41) is 8.67. The van der Waals surface area contributed by atoms with E-state index < -0.39 is 17.8 Å². The molecule has 1 atom stereocenters. The van der Waals surface area contributed by atoms with Gasteiger partial charge in [0.25, 0.3) is 5.91 Å². The summed E-state index contributed by atoms with van der Waals surface area (Å²) in [6.45, 7) is 4.41. The number of aromatic nitrogens is 1. The van der Waals surface area contributed by atoms with Gasteiger partial charge in [-0.2, -0.15) is 0 Å². The molecule has 128 valence electrons. The number of carbonyl (C=O) groups excluding carboxylic acids is 2. The first-order valence-electron chi connectivity index (χ1n) is 7.61. The van der Waals surface area contributed by atoms with Crippen LogP contribution < -0.4 is 0 Å². The van der Waals surface area contributed by atoms with Crippen LogP contribution in [0.1, 0.15) is 30.8 Å². The maximum Gasteiger partial charge on any atom is 0.308 e. The quantitative estimate of drug-likeness (QED) is 0.760. The Bertz CT molecular complexity index is 685. The van der Waals surface area contributed by atoms with E-state index in [9.17, 15) is 14.4 Å². The molecule has 1 aromatic heterocycles. The van der Waals surface area contributed by atoms with Crippen LogP contribution in [0.15, 0.2) is 35.5 Å². The molecule has 0 saturated carbocycles. The fourth-order valence-electron chi connectivity index (χ4n) is 2.72. The monoisotopic (exact) mass is 348 g/mol. The number of ketones is 1. The van der Waals surface area contributed by atoms with Gasteiger partial charge in [0.15, 0.2) is 0 Å². The first-order chi connectivity index (χ1) is 11.4. The summed E-state index contributed by atoms with van der Waals surface area (Å²) in [6.07, 6.45) is 2.85. The van der Waals surface area contributed by atoms with E-state index in [4.69, 9.17) is 5.11 Å². The summed E-state index contributed by atoms with van der Waals surface area (Å²) >= 11 is 1.35. The summed E-state index contributed by atoms with van der Waals surface area (Å²) in [5.41, 5.74) is 0.529. The van der Waals surface area contributed by atoms with Gasteiger partial charge in [-0.25, -0.2) is 0 Å². The first-order valence-corrected chi connectivity index (χ1v) is 8.90. The molecule has 6 nitrogen and oxygen atoms in total. The van der Waals surface area contributed by atoms with Gasteiger partial charge in [0.05, 0.1) is 6.42 Å². The Morgan fingerprint density at radius 3 is 2.58 bits per heavy atom. The van der Waals surface area contributed by atoms with E-state index in [1.807, 2.05) is 13.8 Å². The Labute approximate surface area is 144 Å². The SMILES string of the molecule is CS[C@@H]1C(C(=O)c2ccccn2)=C(CC(=O)O)C(=O)N1CC(C)C. The Morgan fingerprint density at radius 1 is 1.38 bits per heavy atom. The van der Waals surface area contributed by atoms with Gasteiger partial charge in [-0.15, -0.1) is 11.8 Å². The Hall–Kier alpha value is -2.15. The van der Waals surface area contributed by atoms with Crippen molar-refractivity contribution < 1.29 is 19.5 Å². The van der Waals surface area contributed by atoms with Gasteiger partial charge in [-0.3, -0.25) is 19.4 Å². The molecule has 0 unspecified atom stereocenters. The van der Waals surface area contributed by atoms with Gasteiger partial charge in [0.1, 0.15) is 11.1 Å². The molecule has 1 aromatic rings. The van der Waals surface area contributed by atoms with Gasteiger partial charge in [0, 0.05) is 23.9 Å². The van der Waals surface area contributed by atoms with E-state index >= 15 is 0 Å². The molecule has 0 aliphatic carbocycles. The van der Waals surface area contributed by atoms with Gasteiger partial charge in [-0.05, 0) is 24.3 Å². The van der Waals surface area contributed by atoms with E-state index in [0.717, 1.165) is 0 Å². The normalized spacial score (nSPS) is 17.8. The molecule has 7 heteroatoms. The molecule has 0 bridgehead atoms. The van der Waals surface area contributed by atoms with Gasteiger partial charge in [0.2, 0.25) is 5.78 Å². The van der Waals surface area contributed by atoms with Crippen LogP contribution in [0.3, 0.4) is 0 Å². The number of thioether (sulfide) groups is 1. The highest BCUT2D eigenvalue weighted by Crippen LogP contribution is 2.36. The summed E-state index contributed by atoms with van der Waals surface area (Å²) in [6, 6.07) is 4.95. The number of amides is 1. The molecular formula is C17H20N2O4S. The lowest BCUT2D eigenvalue weighted by molar-refractivity contribution is -0.137. The summed E-state index contributed by atoms with van der Waals surface area (Å²) in [5.74, 6) is -1.68. The molecule has 1 aliphatic rings. The number of carboxylic acids is 1. The predicted octanol–water partition coefficient (Wildman–Crippen LogP) is 2.22. The minimum Gasteiger partial charge on any atom is -0.481 e. The number of Topliss-reactive ketones (excluding diaryl/α,β-unsaturated/α-hetero) is 1. The fraction of sp³-hybridized carbons (Fsp3) is 0.412. The topological polar surface area (TPSA) is 87.6 Å². The van der Waals surface area contributed by atoms with Crippen LogP contribution >= 0.6 is 11.8 Å². The van der Waals surface area contributed by atoms with Crippen molar-refractivity contribution in [2.24, 2.45) is 5.92 Å². The number of pyridine rings is 1. The summed E-state index contributed by atoms with van der Waals surface area (Å²) < 4.78 is 0. The standard InChI is InChI=1S/C17H20N2O4S/c1-10(2)9-19-16(23)11(8-13(20)21)14(17(19)24-3)15(22)12-6-4-5-7-18-12/h4-7,10,17H,8-9H2,1-3H3,(H,20,21)/t17-/m1/s1. The molecule has 0 spiro atoms. The van der Waals surface area contributed by atoms with Crippen LogP contribution in [0, 0.1) is 5.92 Å². The van der Waals surface area contributed by atoms with Crippen molar-refractivity contribution in [1.29, 1.82) is 0 Å². The zero-order valence-corrected chi connectivity index (χ0v) is 14.7. The number of carboxylic acid groups (broad SMARTS) is 1. The maximum absolute atomic E-state index is 12.9. The highest BCUT2D eigenvalue weighted by atomic mass is 32.2.